The first kappa shape index (κ1) is 17.1. The Balaban J connectivity index is 3.01. The van der Waals surface area contributed by atoms with Gasteiger partial charge in [-0.15, -0.1) is 0 Å². The van der Waals surface area contributed by atoms with Gasteiger partial charge in [-0.05, 0) is 18.2 Å². The maximum Gasteiger partial charge on any atom is 0.251 e. The molecular formula is C13H19F2N3O3. The Morgan fingerprint density at radius 1 is 1.48 bits per heavy atom. The molecule has 0 spiro atoms. The maximum absolute atomic E-state index is 12.5. The van der Waals surface area contributed by atoms with Crippen LogP contribution < -0.4 is 10.5 Å². The van der Waals surface area contributed by atoms with Crippen molar-refractivity contribution in [2.24, 2.45) is 10.9 Å². The number of methoxy groups -OCH3 is 1. The Morgan fingerprint density at radius 2 is 2.19 bits per heavy atom. The van der Waals surface area contributed by atoms with Crippen LogP contribution in [0.3, 0.4) is 0 Å². The van der Waals surface area contributed by atoms with Crippen molar-refractivity contribution in [1.82, 2.24) is 4.90 Å². The number of ether oxygens (including phenoxy) is 1. The molecule has 0 saturated carbocycles. The van der Waals surface area contributed by atoms with Crippen LogP contribution in [0.2, 0.25) is 0 Å². The maximum atomic E-state index is 12.5. The molecular weight excluding hydrogens is 284 g/mol. The topological polar surface area (TPSA) is 91.3 Å². The van der Waals surface area contributed by atoms with Gasteiger partial charge in [-0.3, -0.25) is 4.90 Å². The number of oxime groups is 1. The summed E-state index contributed by atoms with van der Waals surface area (Å²) in [6, 6.07) is 4.81. The van der Waals surface area contributed by atoms with Crippen molar-refractivity contribution in [1.29, 1.82) is 0 Å². The standard InChI is InChI=1S/C13H19F2N3O3/c1-21-11-3-2-9(13(16)17-20)6-10(11)7-18(4-5-19)8-12(14)15/h2-3,6,12,19-20H,4-5,7-8H2,1H3,(H2,16,17). The van der Waals surface area contributed by atoms with E-state index in [-0.39, 0.29) is 25.5 Å². The van der Waals surface area contributed by atoms with Crippen LogP contribution in [0.15, 0.2) is 23.4 Å². The highest BCUT2D eigenvalue weighted by Crippen LogP contribution is 2.22. The summed E-state index contributed by atoms with van der Waals surface area (Å²) in [4.78, 5) is 1.40. The summed E-state index contributed by atoms with van der Waals surface area (Å²) < 4.78 is 30.2. The number of halogens is 2. The fourth-order valence-electron chi connectivity index (χ4n) is 1.93. The van der Waals surface area contributed by atoms with E-state index in [1.807, 2.05) is 0 Å². The summed E-state index contributed by atoms with van der Waals surface area (Å²) in [5.74, 6) is 0.420. The first-order valence-electron chi connectivity index (χ1n) is 6.28. The highest BCUT2D eigenvalue weighted by molar-refractivity contribution is 5.97. The second-order valence-electron chi connectivity index (χ2n) is 4.36. The van der Waals surface area contributed by atoms with Crippen LogP contribution in [0, 0.1) is 0 Å². The molecule has 0 heterocycles. The Labute approximate surface area is 121 Å². The Bertz CT molecular complexity index is 484. The van der Waals surface area contributed by atoms with E-state index in [0.29, 0.717) is 16.9 Å². The molecule has 0 aliphatic heterocycles. The molecule has 0 radical (unpaired) electrons. The van der Waals surface area contributed by atoms with E-state index in [1.165, 1.54) is 12.0 Å². The zero-order chi connectivity index (χ0) is 15.8. The van der Waals surface area contributed by atoms with Gasteiger partial charge in [0.25, 0.3) is 6.43 Å². The lowest BCUT2D eigenvalue weighted by Gasteiger charge is -2.22. The molecule has 0 saturated heterocycles. The smallest absolute Gasteiger partial charge is 0.251 e. The summed E-state index contributed by atoms with van der Waals surface area (Å²) in [5, 5.41) is 20.5. The van der Waals surface area contributed by atoms with Gasteiger partial charge in [0.2, 0.25) is 0 Å². The molecule has 0 atom stereocenters. The van der Waals surface area contributed by atoms with Crippen molar-refractivity contribution >= 4 is 5.84 Å². The third-order valence-corrected chi connectivity index (χ3v) is 2.89. The zero-order valence-corrected chi connectivity index (χ0v) is 11.7. The number of hydrogen-bond acceptors (Lipinski definition) is 5. The number of aliphatic hydroxyl groups is 1. The lowest BCUT2D eigenvalue weighted by atomic mass is 10.1. The van der Waals surface area contributed by atoms with Crippen molar-refractivity contribution in [3.8, 4) is 5.75 Å². The summed E-state index contributed by atoms with van der Waals surface area (Å²) in [7, 11) is 1.46. The zero-order valence-electron chi connectivity index (χ0n) is 11.7. The number of alkyl halides is 2. The van der Waals surface area contributed by atoms with Gasteiger partial charge in [0, 0.05) is 24.2 Å². The third-order valence-electron chi connectivity index (χ3n) is 2.89. The molecule has 1 rings (SSSR count). The highest BCUT2D eigenvalue weighted by Gasteiger charge is 2.15. The predicted molar refractivity (Wildman–Crippen MR) is 73.9 cm³/mol. The number of amidine groups is 1. The van der Waals surface area contributed by atoms with Gasteiger partial charge in [-0.1, -0.05) is 5.16 Å². The van der Waals surface area contributed by atoms with Gasteiger partial charge < -0.3 is 20.8 Å². The van der Waals surface area contributed by atoms with E-state index in [4.69, 9.17) is 20.8 Å². The molecule has 0 bridgehead atoms. The monoisotopic (exact) mass is 303 g/mol. The Morgan fingerprint density at radius 3 is 2.71 bits per heavy atom. The van der Waals surface area contributed by atoms with Crippen molar-refractivity contribution in [3.05, 3.63) is 29.3 Å². The number of rotatable bonds is 8. The van der Waals surface area contributed by atoms with Crippen LogP contribution in [-0.2, 0) is 6.54 Å². The highest BCUT2D eigenvalue weighted by atomic mass is 19.3. The second kappa shape index (κ2) is 8.38. The normalized spacial score (nSPS) is 12.2. The first-order valence-corrected chi connectivity index (χ1v) is 6.28. The second-order valence-corrected chi connectivity index (χ2v) is 4.36. The fraction of sp³-hybridized carbons (Fsp3) is 0.462. The molecule has 21 heavy (non-hydrogen) atoms. The first-order chi connectivity index (χ1) is 10.0. The molecule has 8 heteroatoms. The van der Waals surface area contributed by atoms with Crippen molar-refractivity contribution in [2.45, 2.75) is 13.0 Å². The van der Waals surface area contributed by atoms with Crippen LogP contribution in [0.25, 0.3) is 0 Å². The van der Waals surface area contributed by atoms with Crippen LogP contribution in [0.5, 0.6) is 5.75 Å². The van der Waals surface area contributed by atoms with Gasteiger partial charge in [0.15, 0.2) is 5.84 Å². The minimum atomic E-state index is -2.50. The molecule has 0 aromatic heterocycles. The van der Waals surface area contributed by atoms with Crippen LogP contribution in [0.4, 0.5) is 8.78 Å². The quantitative estimate of drug-likeness (QED) is 0.287. The van der Waals surface area contributed by atoms with Gasteiger partial charge >= 0.3 is 0 Å². The van der Waals surface area contributed by atoms with Gasteiger partial charge in [0.05, 0.1) is 20.3 Å². The number of aliphatic hydroxyl groups excluding tert-OH is 1. The third kappa shape index (κ3) is 5.16. The van der Waals surface area contributed by atoms with E-state index in [1.54, 1.807) is 18.2 Å². The van der Waals surface area contributed by atoms with Crippen molar-refractivity contribution in [3.63, 3.8) is 0 Å². The molecule has 118 valence electrons. The van der Waals surface area contributed by atoms with E-state index in [9.17, 15) is 8.78 Å². The fourth-order valence-corrected chi connectivity index (χ4v) is 1.93. The minimum Gasteiger partial charge on any atom is -0.496 e. The molecule has 4 N–H and O–H groups in total. The van der Waals surface area contributed by atoms with Crippen LogP contribution in [-0.4, -0.2) is 54.3 Å². The lowest BCUT2D eigenvalue weighted by Crippen LogP contribution is -2.31. The van der Waals surface area contributed by atoms with E-state index < -0.39 is 13.0 Å². The molecule has 1 aromatic rings. The minimum absolute atomic E-state index is 0.0820. The van der Waals surface area contributed by atoms with Crippen LogP contribution >= 0.6 is 0 Å². The summed E-state index contributed by atoms with van der Waals surface area (Å²) in [6.45, 7) is -0.422. The van der Waals surface area contributed by atoms with E-state index in [0.717, 1.165) is 0 Å². The predicted octanol–water partition coefficient (Wildman–Crippen LogP) is 0.849. The van der Waals surface area contributed by atoms with Gasteiger partial charge in [-0.25, -0.2) is 8.78 Å². The van der Waals surface area contributed by atoms with Gasteiger partial charge in [0.1, 0.15) is 5.75 Å². The SMILES string of the molecule is COc1ccc(/C(N)=N/O)cc1CN(CCO)CC(F)F. The number of nitrogens with two attached hydrogens (primary N) is 1. The van der Waals surface area contributed by atoms with E-state index in [2.05, 4.69) is 5.16 Å². The number of hydrogen-bond donors (Lipinski definition) is 3. The molecule has 1 aromatic carbocycles. The Kier molecular flexibility index (Phi) is 6.83. The molecule has 0 aliphatic rings. The lowest BCUT2D eigenvalue weighted by molar-refractivity contribution is 0.0742. The average Bonchev–Trinajstić information content (AvgIpc) is 2.46. The molecule has 0 fully saturated rings. The molecule has 6 nitrogen and oxygen atoms in total. The number of nitrogens with zero attached hydrogens (tertiary/aromatic N) is 2. The van der Waals surface area contributed by atoms with Crippen molar-refractivity contribution < 1.29 is 23.8 Å². The summed E-state index contributed by atoms with van der Waals surface area (Å²) >= 11 is 0. The number of benzene rings is 1. The molecule has 0 amide bonds. The molecule has 0 unspecified atom stereocenters. The summed E-state index contributed by atoms with van der Waals surface area (Å²) in [6.07, 6.45) is -2.50. The molecule has 0 aliphatic carbocycles. The van der Waals surface area contributed by atoms with Crippen molar-refractivity contribution in [2.75, 3.05) is 26.8 Å². The Hall–Kier alpha value is -1.93. The average molecular weight is 303 g/mol. The van der Waals surface area contributed by atoms with E-state index >= 15 is 0 Å². The summed E-state index contributed by atoms with van der Waals surface area (Å²) in [5.41, 5.74) is 6.57. The van der Waals surface area contributed by atoms with Gasteiger partial charge in [-0.2, -0.15) is 0 Å². The van der Waals surface area contributed by atoms with Crippen LogP contribution in [0.1, 0.15) is 11.1 Å². The largest absolute Gasteiger partial charge is 0.496 e.